The minimum Gasteiger partial charge on any atom is -0.302 e. The standard InChI is InChI=1S/C9H5BrClF3O/c10-7(4-15)5-1-2-8(11)6(3-5)9(12,13)14/h1-4,7H. The first-order valence-corrected chi connectivity index (χ1v) is 5.11. The molecular formula is C9H5BrClF3O. The Bertz CT molecular complexity index is 378. The van der Waals surface area contributed by atoms with E-state index in [2.05, 4.69) is 15.9 Å². The third-order valence-electron chi connectivity index (χ3n) is 1.73. The lowest BCUT2D eigenvalue weighted by atomic mass is 10.1. The predicted molar refractivity (Wildman–Crippen MR) is 54.2 cm³/mol. The molecule has 0 aliphatic heterocycles. The highest BCUT2D eigenvalue weighted by Gasteiger charge is 2.33. The smallest absolute Gasteiger partial charge is 0.302 e. The van der Waals surface area contributed by atoms with Crippen LogP contribution in [0, 0.1) is 0 Å². The Morgan fingerprint density at radius 3 is 2.47 bits per heavy atom. The highest BCUT2D eigenvalue weighted by atomic mass is 79.9. The van der Waals surface area contributed by atoms with Gasteiger partial charge in [0.1, 0.15) is 6.29 Å². The van der Waals surface area contributed by atoms with Crippen molar-refractivity contribution in [2.24, 2.45) is 0 Å². The van der Waals surface area contributed by atoms with Crippen molar-refractivity contribution in [1.29, 1.82) is 0 Å². The summed E-state index contributed by atoms with van der Waals surface area (Å²) in [6.07, 6.45) is -4.01. The van der Waals surface area contributed by atoms with Crippen LogP contribution in [0.5, 0.6) is 0 Å². The number of carbonyl (C=O) groups excluding carboxylic acids is 1. The molecule has 0 aliphatic rings. The molecule has 0 heterocycles. The van der Waals surface area contributed by atoms with Crippen LogP contribution < -0.4 is 0 Å². The second-order valence-electron chi connectivity index (χ2n) is 2.77. The van der Waals surface area contributed by atoms with Gasteiger partial charge in [0, 0.05) is 0 Å². The molecule has 0 bridgehead atoms. The van der Waals surface area contributed by atoms with Gasteiger partial charge in [0.15, 0.2) is 0 Å². The van der Waals surface area contributed by atoms with E-state index in [0.29, 0.717) is 6.29 Å². The molecule has 0 saturated heterocycles. The summed E-state index contributed by atoms with van der Waals surface area (Å²) in [6, 6.07) is 3.35. The zero-order chi connectivity index (χ0) is 11.6. The summed E-state index contributed by atoms with van der Waals surface area (Å²) in [5, 5.41) is -0.378. The van der Waals surface area contributed by atoms with Crippen molar-refractivity contribution in [3.8, 4) is 0 Å². The molecule has 1 atom stereocenters. The fourth-order valence-corrected chi connectivity index (χ4v) is 1.52. The van der Waals surface area contributed by atoms with Crippen molar-refractivity contribution in [3.63, 3.8) is 0 Å². The third-order valence-corrected chi connectivity index (χ3v) is 2.81. The van der Waals surface area contributed by atoms with Gasteiger partial charge in [-0.25, -0.2) is 0 Å². The largest absolute Gasteiger partial charge is 0.417 e. The van der Waals surface area contributed by atoms with E-state index in [4.69, 9.17) is 11.6 Å². The lowest BCUT2D eigenvalue weighted by molar-refractivity contribution is -0.137. The van der Waals surface area contributed by atoms with E-state index in [9.17, 15) is 18.0 Å². The highest BCUT2D eigenvalue weighted by Crippen LogP contribution is 2.36. The van der Waals surface area contributed by atoms with Crippen molar-refractivity contribution in [3.05, 3.63) is 34.3 Å². The summed E-state index contributed by atoms with van der Waals surface area (Å²) >= 11 is 8.34. The average molecular weight is 301 g/mol. The van der Waals surface area contributed by atoms with Gasteiger partial charge in [0.25, 0.3) is 0 Å². The molecule has 1 aromatic rings. The molecule has 15 heavy (non-hydrogen) atoms. The van der Waals surface area contributed by atoms with E-state index in [1.807, 2.05) is 0 Å². The molecule has 0 N–H and O–H groups in total. The molecule has 1 rings (SSSR count). The molecule has 1 nitrogen and oxygen atoms in total. The van der Waals surface area contributed by atoms with Crippen LogP contribution >= 0.6 is 27.5 Å². The van der Waals surface area contributed by atoms with E-state index < -0.39 is 16.6 Å². The summed E-state index contributed by atoms with van der Waals surface area (Å²) < 4.78 is 37.2. The number of benzene rings is 1. The van der Waals surface area contributed by atoms with E-state index in [-0.39, 0.29) is 10.6 Å². The van der Waals surface area contributed by atoms with Gasteiger partial charge in [0.2, 0.25) is 0 Å². The van der Waals surface area contributed by atoms with Crippen LogP contribution in [0.2, 0.25) is 5.02 Å². The van der Waals surface area contributed by atoms with E-state index in [1.54, 1.807) is 0 Å². The zero-order valence-corrected chi connectivity index (χ0v) is 9.53. The summed E-state index contributed by atoms with van der Waals surface area (Å²) in [5.41, 5.74) is -0.713. The molecule has 1 aromatic carbocycles. The minimum absolute atomic E-state index is 0.224. The molecule has 0 amide bonds. The first-order valence-electron chi connectivity index (χ1n) is 3.82. The maximum Gasteiger partial charge on any atom is 0.417 e. The molecule has 0 spiro atoms. The molecule has 0 fully saturated rings. The van der Waals surface area contributed by atoms with Gasteiger partial charge in [0.05, 0.1) is 15.4 Å². The molecule has 0 aliphatic carbocycles. The Kier molecular flexibility index (Phi) is 3.78. The summed E-state index contributed by atoms with van der Waals surface area (Å²) in [6.45, 7) is 0. The molecule has 0 saturated carbocycles. The predicted octanol–water partition coefficient (Wildman–Crippen LogP) is 3.99. The lowest BCUT2D eigenvalue weighted by Crippen LogP contribution is -2.07. The van der Waals surface area contributed by atoms with Crippen molar-refractivity contribution in [2.45, 2.75) is 11.0 Å². The van der Waals surface area contributed by atoms with E-state index in [1.165, 1.54) is 6.07 Å². The first kappa shape index (κ1) is 12.5. The van der Waals surface area contributed by atoms with Crippen molar-refractivity contribution in [1.82, 2.24) is 0 Å². The van der Waals surface area contributed by atoms with Gasteiger partial charge >= 0.3 is 6.18 Å². The summed E-state index contributed by atoms with van der Waals surface area (Å²) in [7, 11) is 0. The van der Waals surface area contributed by atoms with Crippen LogP contribution in [0.3, 0.4) is 0 Å². The van der Waals surface area contributed by atoms with Crippen molar-refractivity contribution >= 4 is 33.8 Å². The van der Waals surface area contributed by atoms with Gasteiger partial charge in [-0.15, -0.1) is 0 Å². The van der Waals surface area contributed by atoms with Gasteiger partial charge in [-0.1, -0.05) is 33.6 Å². The van der Waals surface area contributed by atoms with Crippen LogP contribution in [0.15, 0.2) is 18.2 Å². The number of aldehydes is 1. The fourth-order valence-electron chi connectivity index (χ4n) is 1.01. The maximum atomic E-state index is 12.4. The first-order chi connectivity index (χ1) is 6.86. The number of alkyl halides is 4. The molecule has 82 valence electrons. The summed E-state index contributed by atoms with van der Waals surface area (Å²) in [4.78, 5) is 9.64. The molecule has 0 radical (unpaired) electrons. The number of hydrogen-bond acceptors (Lipinski definition) is 1. The molecule has 0 aromatic heterocycles. The average Bonchev–Trinajstić information content (AvgIpc) is 2.15. The normalized spacial score (nSPS) is 13.7. The SMILES string of the molecule is O=CC(Br)c1ccc(Cl)c(C(F)(F)F)c1. The minimum atomic E-state index is -4.51. The van der Waals surface area contributed by atoms with Crippen LogP contribution in [-0.2, 0) is 11.0 Å². The molecular weight excluding hydrogens is 296 g/mol. The van der Waals surface area contributed by atoms with Crippen LogP contribution in [0.1, 0.15) is 16.0 Å². The third kappa shape index (κ3) is 2.95. The number of hydrogen-bond donors (Lipinski definition) is 0. The van der Waals surface area contributed by atoms with Crippen molar-refractivity contribution in [2.75, 3.05) is 0 Å². The van der Waals surface area contributed by atoms with Crippen LogP contribution in [-0.4, -0.2) is 6.29 Å². The number of halogens is 5. The van der Waals surface area contributed by atoms with Crippen LogP contribution in [0.4, 0.5) is 13.2 Å². The topological polar surface area (TPSA) is 17.1 Å². The molecule has 1 unspecified atom stereocenters. The quantitative estimate of drug-likeness (QED) is 0.596. The van der Waals surface area contributed by atoms with Gasteiger partial charge < -0.3 is 4.79 Å². The fraction of sp³-hybridized carbons (Fsp3) is 0.222. The molecule has 6 heteroatoms. The highest BCUT2D eigenvalue weighted by molar-refractivity contribution is 9.09. The lowest BCUT2D eigenvalue weighted by Gasteiger charge is -2.11. The Labute approximate surface area is 97.4 Å². The maximum absolute atomic E-state index is 12.4. The van der Waals surface area contributed by atoms with Gasteiger partial charge in [-0.2, -0.15) is 13.2 Å². The number of carbonyl (C=O) groups is 1. The van der Waals surface area contributed by atoms with E-state index >= 15 is 0 Å². The van der Waals surface area contributed by atoms with Gasteiger partial charge in [-0.05, 0) is 17.7 Å². The van der Waals surface area contributed by atoms with E-state index in [0.717, 1.165) is 12.1 Å². The second kappa shape index (κ2) is 4.53. The summed E-state index contributed by atoms with van der Waals surface area (Å²) in [5.74, 6) is 0. The Hall–Kier alpha value is -0.550. The Morgan fingerprint density at radius 1 is 1.40 bits per heavy atom. The van der Waals surface area contributed by atoms with Crippen molar-refractivity contribution < 1.29 is 18.0 Å². The Balaban J connectivity index is 3.22. The monoisotopic (exact) mass is 300 g/mol. The zero-order valence-electron chi connectivity index (χ0n) is 7.18. The second-order valence-corrected chi connectivity index (χ2v) is 4.17. The van der Waals surface area contributed by atoms with Crippen LogP contribution in [0.25, 0.3) is 0 Å². The number of rotatable bonds is 2. The van der Waals surface area contributed by atoms with Gasteiger partial charge in [-0.3, -0.25) is 0 Å². The Morgan fingerprint density at radius 2 is 2.00 bits per heavy atom.